The molecule has 2 aliphatic rings. The van der Waals surface area contributed by atoms with Crippen LogP contribution in [0.4, 0.5) is 0 Å². The van der Waals surface area contributed by atoms with E-state index in [9.17, 15) is 9.59 Å². The van der Waals surface area contributed by atoms with Crippen LogP contribution >= 0.6 is 0 Å². The van der Waals surface area contributed by atoms with Crippen molar-refractivity contribution in [1.82, 2.24) is 20.8 Å². The lowest BCUT2D eigenvalue weighted by atomic mass is 9.63. The second kappa shape index (κ2) is 6.86. The minimum Gasteiger partial charge on any atom is -0.272 e. The van der Waals surface area contributed by atoms with Gasteiger partial charge in [0.1, 0.15) is 5.41 Å². The fourth-order valence-electron chi connectivity index (χ4n) is 5.86. The summed E-state index contributed by atoms with van der Waals surface area (Å²) >= 11 is 0. The molecule has 2 aromatic carbocycles. The second-order valence-corrected chi connectivity index (χ2v) is 10.5. The summed E-state index contributed by atoms with van der Waals surface area (Å²) in [6.45, 7) is 12.6. The maximum Gasteiger partial charge on any atom is 0.269 e. The van der Waals surface area contributed by atoms with Gasteiger partial charge in [0.05, 0.1) is 22.4 Å². The maximum absolute atomic E-state index is 13.8. The van der Waals surface area contributed by atoms with Crippen LogP contribution in [0.2, 0.25) is 0 Å². The van der Waals surface area contributed by atoms with Crippen molar-refractivity contribution in [2.24, 2.45) is 5.41 Å². The van der Waals surface area contributed by atoms with Crippen LogP contribution < -0.4 is 10.9 Å². The third kappa shape index (κ3) is 2.73. The van der Waals surface area contributed by atoms with Gasteiger partial charge < -0.3 is 0 Å². The highest BCUT2D eigenvalue weighted by molar-refractivity contribution is 5.98. The van der Waals surface area contributed by atoms with Gasteiger partial charge in [-0.05, 0) is 74.4 Å². The van der Waals surface area contributed by atoms with Crippen molar-refractivity contribution in [2.75, 3.05) is 0 Å². The maximum atomic E-state index is 13.8. The molecule has 2 aliphatic carbocycles. The molecular weight excluding hydrogens is 412 g/mol. The van der Waals surface area contributed by atoms with Crippen molar-refractivity contribution >= 4 is 22.8 Å². The first kappa shape index (κ1) is 21.6. The van der Waals surface area contributed by atoms with E-state index >= 15 is 0 Å². The number of hydrogen-bond donors (Lipinski definition) is 2. The van der Waals surface area contributed by atoms with E-state index in [0.717, 1.165) is 40.0 Å². The summed E-state index contributed by atoms with van der Waals surface area (Å²) in [5.74, 6) is -0.569. The highest BCUT2D eigenvalue weighted by Crippen LogP contribution is 2.70. The Morgan fingerprint density at radius 3 is 2.00 bits per heavy atom. The van der Waals surface area contributed by atoms with E-state index in [-0.39, 0.29) is 17.2 Å². The summed E-state index contributed by atoms with van der Waals surface area (Å²) in [5, 5.41) is 0. The number of benzene rings is 2. The normalized spacial score (nSPS) is 24.5. The van der Waals surface area contributed by atoms with E-state index in [2.05, 4.69) is 51.5 Å². The largest absolute Gasteiger partial charge is 0.272 e. The first-order valence-electron chi connectivity index (χ1n) is 11.5. The van der Waals surface area contributed by atoms with Crippen LogP contribution in [-0.4, -0.2) is 21.8 Å². The Morgan fingerprint density at radius 2 is 1.39 bits per heavy atom. The molecule has 2 amide bonds. The van der Waals surface area contributed by atoms with Crippen LogP contribution in [0, 0.1) is 26.2 Å². The van der Waals surface area contributed by atoms with Crippen molar-refractivity contribution in [2.45, 2.75) is 65.2 Å². The molecule has 0 aliphatic heterocycles. The summed E-state index contributed by atoms with van der Waals surface area (Å²) in [6.07, 6.45) is 1.51. The average Bonchev–Trinajstić information content (AvgIpc) is 3.07. The quantitative estimate of drug-likeness (QED) is 0.578. The number of aryl methyl sites for hydroxylation is 3. The number of hydrogen-bond acceptors (Lipinski definition) is 4. The van der Waals surface area contributed by atoms with Gasteiger partial charge in [-0.25, -0.2) is 9.97 Å². The van der Waals surface area contributed by atoms with Crippen LogP contribution in [-0.2, 0) is 15.6 Å². The van der Waals surface area contributed by atoms with E-state index < -0.39 is 10.8 Å². The topological polar surface area (TPSA) is 84.0 Å². The summed E-state index contributed by atoms with van der Waals surface area (Å²) in [6, 6.07) is 11.4. The van der Waals surface area contributed by atoms with E-state index in [0.29, 0.717) is 12.0 Å². The molecule has 2 unspecified atom stereocenters. The van der Waals surface area contributed by atoms with Gasteiger partial charge in [0.2, 0.25) is 0 Å². The Kier molecular flexibility index (Phi) is 4.48. The monoisotopic (exact) mass is 442 g/mol. The van der Waals surface area contributed by atoms with Crippen molar-refractivity contribution < 1.29 is 9.59 Å². The lowest BCUT2D eigenvalue weighted by Gasteiger charge is -2.39. The molecule has 0 saturated heterocycles. The number of carbonyl (C=O) groups is 2. The summed E-state index contributed by atoms with van der Waals surface area (Å²) < 4.78 is 0. The Bertz CT molecular complexity index is 1330. The number of hydrazine groups is 1. The molecule has 3 aromatic rings. The minimum absolute atomic E-state index is 0.229. The predicted molar refractivity (Wildman–Crippen MR) is 128 cm³/mol. The van der Waals surface area contributed by atoms with Crippen LogP contribution in [0.25, 0.3) is 11.0 Å². The molecule has 2 N–H and O–H groups in total. The van der Waals surface area contributed by atoms with Crippen molar-refractivity contribution in [3.63, 3.8) is 0 Å². The molecular formula is C27H30N4O2. The fraction of sp³-hybridized carbons (Fsp3) is 0.407. The molecule has 5 rings (SSSR count). The highest BCUT2D eigenvalue weighted by Gasteiger charge is 2.73. The number of fused-ring (bicyclic) bond motifs is 6. The average molecular weight is 443 g/mol. The zero-order valence-corrected chi connectivity index (χ0v) is 20.1. The third-order valence-corrected chi connectivity index (χ3v) is 8.64. The molecule has 1 aromatic heterocycles. The Labute approximate surface area is 194 Å². The van der Waals surface area contributed by atoms with Gasteiger partial charge in [0.15, 0.2) is 0 Å². The van der Waals surface area contributed by atoms with Gasteiger partial charge in [-0.3, -0.25) is 20.4 Å². The lowest BCUT2D eigenvalue weighted by Crippen LogP contribution is -2.55. The van der Waals surface area contributed by atoms with Gasteiger partial charge >= 0.3 is 0 Å². The number of rotatable bonds is 2. The highest BCUT2D eigenvalue weighted by atomic mass is 16.2. The molecule has 170 valence electrons. The summed E-state index contributed by atoms with van der Waals surface area (Å²) in [4.78, 5) is 36.5. The Balaban J connectivity index is 1.55. The van der Waals surface area contributed by atoms with E-state index in [1.165, 1.54) is 5.56 Å². The zero-order chi connectivity index (χ0) is 23.8. The molecule has 1 heterocycles. The molecule has 6 nitrogen and oxygen atoms in total. The first-order valence-corrected chi connectivity index (χ1v) is 11.5. The van der Waals surface area contributed by atoms with Crippen LogP contribution in [0.3, 0.4) is 0 Å². The lowest BCUT2D eigenvalue weighted by molar-refractivity contribution is -0.131. The third-order valence-electron chi connectivity index (χ3n) is 8.64. The van der Waals surface area contributed by atoms with Crippen molar-refractivity contribution in [1.29, 1.82) is 0 Å². The fourth-order valence-corrected chi connectivity index (χ4v) is 5.86. The zero-order valence-electron chi connectivity index (χ0n) is 20.1. The molecule has 0 spiro atoms. The minimum atomic E-state index is -0.863. The SMILES string of the molecule is Cc1ccc(C(=O)NNC(=O)C23CCC(C)(c4nc5cc(C)c(C)cc5nc42)C3(C)C)cc1. The molecule has 2 bridgehead atoms. The van der Waals surface area contributed by atoms with Crippen LogP contribution in [0.5, 0.6) is 0 Å². The van der Waals surface area contributed by atoms with Gasteiger partial charge in [0, 0.05) is 11.0 Å². The van der Waals surface area contributed by atoms with Gasteiger partial charge in [-0.1, -0.05) is 38.5 Å². The number of aromatic nitrogens is 2. The van der Waals surface area contributed by atoms with Gasteiger partial charge in [-0.15, -0.1) is 0 Å². The van der Waals surface area contributed by atoms with Gasteiger partial charge in [0.25, 0.3) is 11.8 Å². The standard InChI is InChI=1S/C27H30N4O2/c1-15-7-9-18(10-8-15)23(32)30-31-24(33)27-12-11-26(6,25(27,4)5)21-22(27)29-20-14-17(3)16(2)13-19(20)28-21/h7-10,13-14H,11-12H2,1-6H3,(H,30,32)(H,31,33). The number of nitrogens with one attached hydrogen (secondary N) is 2. The first-order chi connectivity index (χ1) is 15.5. The summed E-state index contributed by atoms with van der Waals surface area (Å²) in [5.41, 5.74) is 11.0. The Hall–Kier alpha value is -3.28. The second-order valence-electron chi connectivity index (χ2n) is 10.5. The summed E-state index contributed by atoms with van der Waals surface area (Å²) in [7, 11) is 0. The van der Waals surface area contributed by atoms with Gasteiger partial charge in [-0.2, -0.15) is 0 Å². The van der Waals surface area contributed by atoms with E-state index in [1.54, 1.807) is 12.1 Å². The molecule has 2 atom stereocenters. The van der Waals surface area contributed by atoms with E-state index in [1.807, 2.05) is 25.1 Å². The molecule has 0 radical (unpaired) electrons. The van der Waals surface area contributed by atoms with Crippen LogP contribution in [0.1, 0.15) is 72.0 Å². The van der Waals surface area contributed by atoms with Crippen molar-refractivity contribution in [3.8, 4) is 0 Å². The smallest absolute Gasteiger partial charge is 0.269 e. The van der Waals surface area contributed by atoms with E-state index in [4.69, 9.17) is 9.97 Å². The van der Waals surface area contributed by atoms with Crippen molar-refractivity contribution in [3.05, 3.63) is 70.0 Å². The predicted octanol–water partition coefficient (Wildman–Crippen LogP) is 4.35. The van der Waals surface area contributed by atoms with Crippen LogP contribution in [0.15, 0.2) is 36.4 Å². The molecule has 33 heavy (non-hydrogen) atoms. The molecule has 1 saturated carbocycles. The number of carbonyl (C=O) groups excluding carboxylic acids is 2. The number of amides is 2. The molecule has 1 fully saturated rings. The number of nitrogens with zero attached hydrogens (tertiary/aromatic N) is 2. The molecule has 6 heteroatoms. The Morgan fingerprint density at radius 1 is 0.818 bits per heavy atom.